The monoisotopic (exact) mass is 1550 g/mol. The zero-order chi connectivity index (χ0) is 79.0. The molecule has 10 amide bonds. The molecule has 4 saturated carbocycles. The van der Waals surface area contributed by atoms with Crippen LogP contribution in [0.5, 0.6) is 0 Å². The van der Waals surface area contributed by atoms with E-state index in [1.54, 1.807) is 0 Å². The highest BCUT2D eigenvalue weighted by Crippen LogP contribution is 2.74. The molecule has 40 nitrogen and oxygen atoms in total. The van der Waals surface area contributed by atoms with Crippen molar-refractivity contribution in [2.45, 2.75) is 220 Å². The quantitative estimate of drug-likeness (QED) is 0.0199. The third kappa shape index (κ3) is 21.0. The molecule has 0 aromatic rings. The minimum Gasteiger partial charge on any atom is -0.396 e. The van der Waals surface area contributed by atoms with Crippen LogP contribution in [-0.4, -0.2) is 326 Å². The average molecular weight is 1550 g/mol. The van der Waals surface area contributed by atoms with Crippen LogP contribution in [0.4, 0.5) is 0 Å². The smallest absolute Gasteiger partial charge is 0.248 e. The zero-order valence-electron chi connectivity index (χ0n) is 61.9. The normalized spacial score (nSPS) is 32.0. The second kappa shape index (κ2) is 41.4. The number of fused-ring (bicyclic) bond motifs is 8. The summed E-state index contributed by atoms with van der Waals surface area (Å²) in [5, 5.41) is 120. The number of carbonyl (C=O) groups is 10. The van der Waals surface area contributed by atoms with Gasteiger partial charge in [0, 0.05) is 130 Å². The van der Waals surface area contributed by atoms with Crippen LogP contribution in [0.1, 0.15) is 124 Å². The topological polar surface area (TPSA) is 591 Å². The van der Waals surface area contributed by atoms with Crippen LogP contribution in [0.2, 0.25) is 0 Å². The van der Waals surface area contributed by atoms with Crippen molar-refractivity contribution in [3.8, 4) is 0 Å². The Kier molecular flexibility index (Phi) is 34.2. The van der Waals surface area contributed by atoms with Crippen molar-refractivity contribution in [2.24, 2.45) is 28.6 Å². The molecule has 4 aliphatic carbocycles. The fourth-order valence-electron chi connectivity index (χ4n) is 15.8. The number of hydrogen-bond donors (Lipinski definition) is 20. The molecule has 0 radical (unpaired) electrons. The van der Waals surface area contributed by atoms with Gasteiger partial charge in [0.15, 0.2) is 18.9 Å². The number of hydrogen-bond acceptors (Lipinski definition) is 30. The van der Waals surface area contributed by atoms with Crippen molar-refractivity contribution < 1.29 is 141 Å². The summed E-state index contributed by atoms with van der Waals surface area (Å²) in [6, 6.07) is -1.11. The molecule has 7 fully saturated rings. The molecule has 0 aromatic carbocycles. The van der Waals surface area contributed by atoms with Gasteiger partial charge in [-0.15, -0.1) is 0 Å². The van der Waals surface area contributed by atoms with Crippen LogP contribution >= 0.6 is 0 Å². The number of ether oxygens (including phenoxy) is 9. The molecule has 0 bridgehead atoms. The Morgan fingerprint density at radius 3 is 1.13 bits per heavy atom. The van der Waals surface area contributed by atoms with Crippen molar-refractivity contribution in [3.63, 3.8) is 0 Å². The molecule has 0 aromatic heterocycles. The summed E-state index contributed by atoms with van der Waals surface area (Å²) < 4.78 is 52.7. The highest BCUT2D eigenvalue weighted by Gasteiger charge is 2.92. The lowest BCUT2D eigenvalue weighted by atomic mass is 9.32. The van der Waals surface area contributed by atoms with Gasteiger partial charge >= 0.3 is 0 Å². The van der Waals surface area contributed by atoms with E-state index in [4.69, 9.17) is 48.5 Å². The lowest BCUT2D eigenvalue weighted by Crippen LogP contribution is -3.01. The van der Waals surface area contributed by atoms with Gasteiger partial charge in [0.1, 0.15) is 59.3 Å². The number of nitrogens with one attached hydrogen (secondary N) is 10. The summed E-state index contributed by atoms with van der Waals surface area (Å²) in [7, 11) is 0. The van der Waals surface area contributed by atoms with Crippen LogP contribution in [0.15, 0.2) is 0 Å². The average Bonchev–Trinajstić information content (AvgIpc) is 0.631. The minimum atomic E-state index is -1.55. The van der Waals surface area contributed by atoms with E-state index >= 15 is 0 Å². The molecule has 3 heterocycles. The summed E-state index contributed by atoms with van der Waals surface area (Å²) in [4.78, 5) is 130. The summed E-state index contributed by atoms with van der Waals surface area (Å²) in [6.45, 7) is 3.55. The Balaban J connectivity index is 0.778. The number of aliphatic hydroxyl groups excluding tert-OH is 9. The predicted octanol–water partition coefficient (Wildman–Crippen LogP) is -8.40. The van der Waals surface area contributed by atoms with E-state index in [0.29, 0.717) is 57.8 Å². The number of aliphatic hydroxyl groups is 9. The van der Waals surface area contributed by atoms with Gasteiger partial charge in [0.05, 0.1) is 94.7 Å². The number of carbonyl (C=O) groups excluding carboxylic acids is 10. The van der Waals surface area contributed by atoms with Crippen molar-refractivity contribution >= 4 is 59.1 Å². The SMILES string of the molecule is CC(=O)NC1C(OCCCCC(=O)NCCCNC(=O)CCOCC(COCCC(=O)NCCCNC(=O)CCCCOC2OC3C4(CO)C(O)C(O)C4C23NC(C)=O)(COCCC(=O)NCCCNC(=O)CCCCOC2OC3C4(CO)C(O)C(O)C4C23NC(C)=O)NC(=O)CON)OC(C)(CO)C(O)C1O. The first-order valence-electron chi connectivity index (χ1n) is 37.1. The summed E-state index contributed by atoms with van der Waals surface area (Å²) >= 11 is 0. The summed E-state index contributed by atoms with van der Waals surface area (Å²) in [5.41, 5.74) is -7.39. The molecule has 7 rings (SSSR count). The van der Waals surface area contributed by atoms with Gasteiger partial charge in [-0.1, -0.05) is 0 Å². The van der Waals surface area contributed by atoms with E-state index in [1.165, 1.54) is 27.7 Å². The molecular formula is C68H115N11O29. The van der Waals surface area contributed by atoms with E-state index in [-0.39, 0.29) is 179 Å². The highest BCUT2D eigenvalue weighted by molar-refractivity contribution is 5.80. The van der Waals surface area contributed by atoms with Crippen molar-refractivity contribution in [1.82, 2.24) is 53.2 Å². The second-order valence-corrected chi connectivity index (χ2v) is 29.1. The largest absolute Gasteiger partial charge is 0.396 e. The van der Waals surface area contributed by atoms with Crippen molar-refractivity contribution in [1.29, 1.82) is 0 Å². The second-order valence-electron chi connectivity index (χ2n) is 29.1. The first-order chi connectivity index (χ1) is 51.5. The zero-order valence-corrected chi connectivity index (χ0v) is 61.9. The van der Waals surface area contributed by atoms with E-state index in [9.17, 15) is 93.9 Å². The summed E-state index contributed by atoms with van der Waals surface area (Å²) in [6.07, 6.45) is -8.35. The Labute approximate surface area is 625 Å². The Morgan fingerprint density at radius 1 is 0.435 bits per heavy atom. The van der Waals surface area contributed by atoms with E-state index in [2.05, 4.69) is 58.0 Å². The first-order valence-corrected chi connectivity index (χ1v) is 37.1. The Bertz CT molecular complexity index is 2880. The maximum absolute atomic E-state index is 13.1. The number of amides is 10. The molecule has 3 aliphatic heterocycles. The molecule has 3 saturated heterocycles. The Morgan fingerprint density at radius 2 is 0.796 bits per heavy atom. The van der Waals surface area contributed by atoms with E-state index in [0.717, 1.165) is 0 Å². The van der Waals surface area contributed by atoms with Gasteiger partial charge in [-0.25, -0.2) is 5.90 Å². The van der Waals surface area contributed by atoms with Gasteiger partial charge in [0.25, 0.3) is 0 Å². The summed E-state index contributed by atoms with van der Waals surface area (Å²) in [5.74, 6) is 0.0643. The van der Waals surface area contributed by atoms with Gasteiger partial charge in [-0.3, -0.25) is 52.8 Å². The lowest BCUT2D eigenvalue weighted by molar-refractivity contribution is -0.496. The van der Waals surface area contributed by atoms with Crippen molar-refractivity contribution in [3.05, 3.63) is 0 Å². The van der Waals surface area contributed by atoms with Gasteiger partial charge in [0.2, 0.25) is 59.1 Å². The van der Waals surface area contributed by atoms with E-state index in [1.807, 2.05) is 0 Å². The van der Waals surface area contributed by atoms with Crippen LogP contribution in [-0.2, 0) is 95.4 Å². The molecule has 21 N–H and O–H groups in total. The molecular weight excluding hydrogens is 1430 g/mol. The Hall–Kier alpha value is -6.10. The maximum Gasteiger partial charge on any atom is 0.248 e. The minimum absolute atomic E-state index is 0.0674. The molecule has 19 atom stereocenters. The molecule has 0 spiro atoms. The number of unbranched alkanes of at least 4 members (excludes halogenated alkanes) is 3. The molecule has 19 unspecified atom stereocenters. The third-order valence-corrected chi connectivity index (χ3v) is 21.2. The van der Waals surface area contributed by atoms with Gasteiger partial charge in [-0.05, 0) is 64.7 Å². The number of rotatable bonds is 54. The van der Waals surface area contributed by atoms with Crippen molar-refractivity contribution in [2.75, 3.05) is 125 Å². The fourth-order valence-corrected chi connectivity index (χ4v) is 15.8. The molecule has 616 valence electrons. The highest BCUT2D eigenvalue weighted by atomic mass is 16.7. The maximum atomic E-state index is 13.1. The van der Waals surface area contributed by atoms with Gasteiger partial charge < -0.3 is 142 Å². The fraction of sp³-hybridized carbons (Fsp3) is 0.853. The van der Waals surface area contributed by atoms with Crippen LogP contribution in [0.3, 0.4) is 0 Å². The molecule has 7 aliphatic rings. The first kappa shape index (κ1) is 89.1. The van der Waals surface area contributed by atoms with Crippen LogP contribution in [0.25, 0.3) is 0 Å². The van der Waals surface area contributed by atoms with Gasteiger partial charge in [-0.2, -0.15) is 0 Å². The van der Waals surface area contributed by atoms with E-state index < -0.39 is 163 Å². The number of nitrogens with two attached hydrogens (primary N) is 1. The predicted molar refractivity (Wildman–Crippen MR) is 369 cm³/mol. The standard InChI is InChI=1S/C68H115N11O29/c1-39(83)76-49-50(93)55(96)63(4,33-80)108-58(49)102-26-8-5-14-42(86)70-20-11-23-73-45(89)17-29-99-36-64(79-48(92)32-105-69,37-100-30-18-46(90)74-24-12-21-71-43(87)15-6-9-27-103-61-67(77-40(2)84)53-51(94)56(97)65(53,34-81)59(67)106-61)38-101-31-19-47(91)75-25-13-22-72-44(88)16-7-10-28-104-62-68(78-41(3)85)54-52(95)57(98)66(54,35-82)60(68)107-62/h49-62,80-82,93-98H,5-38,69H2,1-4H3,(H,70,86)(H,71,87)(H,72,88)(H,73,89)(H,74,90)(H,75,91)(H,76,83)(H,77,84)(H,78,85)(H,79,92). The van der Waals surface area contributed by atoms with Crippen LogP contribution < -0.4 is 59.1 Å². The molecule has 108 heavy (non-hydrogen) atoms. The lowest BCUT2D eigenvalue weighted by Gasteiger charge is -2.82. The van der Waals surface area contributed by atoms with Crippen LogP contribution in [0, 0.1) is 22.7 Å². The molecule has 40 heteroatoms. The third-order valence-electron chi connectivity index (χ3n) is 21.2.